The Morgan fingerprint density at radius 2 is 1.88 bits per heavy atom. The van der Waals surface area contributed by atoms with E-state index in [4.69, 9.17) is 22.4 Å². The molecule has 0 saturated carbocycles. The van der Waals surface area contributed by atoms with Gasteiger partial charge in [-0.2, -0.15) is 0 Å². The smallest absolute Gasteiger partial charge is 0.124 e. The van der Waals surface area contributed by atoms with Crippen LogP contribution in [0.25, 0.3) is 0 Å². The summed E-state index contributed by atoms with van der Waals surface area (Å²) in [7, 11) is 0. The van der Waals surface area contributed by atoms with Crippen LogP contribution in [0.15, 0.2) is 0 Å². The van der Waals surface area contributed by atoms with Crippen LogP contribution in [0.3, 0.4) is 0 Å². The van der Waals surface area contributed by atoms with Crippen molar-refractivity contribution in [1.29, 1.82) is 0 Å². The highest BCUT2D eigenvalue weighted by Gasteiger charge is 2.18. The van der Waals surface area contributed by atoms with Gasteiger partial charge in [-0.15, -0.1) is 6.42 Å². The Labute approximate surface area is 48.1 Å². The molecule has 0 amide bonds. The molecule has 0 aromatic carbocycles. The zero-order valence-corrected chi connectivity index (χ0v) is 4.46. The van der Waals surface area contributed by atoms with Crippen LogP contribution in [-0.2, 0) is 0 Å². The summed E-state index contributed by atoms with van der Waals surface area (Å²) < 4.78 is 0. The first-order valence-electron chi connectivity index (χ1n) is 2.17. The van der Waals surface area contributed by atoms with Crippen molar-refractivity contribution < 1.29 is 10.2 Å². The van der Waals surface area contributed by atoms with Crippen LogP contribution in [0.1, 0.15) is 0 Å². The molecule has 0 fully saturated rings. The maximum atomic E-state index is 8.36. The number of rotatable bonds is 2. The number of aliphatic hydroxyl groups is 2. The lowest BCUT2D eigenvalue weighted by Gasteiger charge is -2.15. The van der Waals surface area contributed by atoms with Crippen molar-refractivity contribution in [3.8, 4) is 12.3 Å². The molecule has 0 rings (SSSR count). The summed E-state index contributed by atoms with van der Waals surface area (Å²) in [5.74, 6) is 2.06. The van der Waals surface area contributed by atoms with E-state index in [1.807, 2.05) is 0 Å². The average molecular weight is 115 g/mol. The Bertz CT molecular complexity index is 101. The first-order chi connectivity index (χ1) is 3.68. The Morgan fingerprint density at radius 1 is 1.50 bits per heavy atom. The van der Waals surface area contributed by atoms with Gasteiger partial charge in [-0.1, -0.05) is 5.92 Å². The molecule has 0 aliphatic carbocycles. The monoisotopic (exact) mass is 115 g/mol. The molecule has 0 atom stereocenters. The van der Waals surface area contributed by atoms with Gasteiger partial charge in [0, 0.05) is 0 Å². The molecule has 0 saturated heterocycles. The molecule has 0 unspecified atom stereocenters. The van der Waals surface area contributed by atoms with Gasteiger partial charge < -0.3 is 15.9 Å². The third-order valence-electron chi connectivity index (χ3n) is 0.852. The predicted molar refractivity (Wildman–Crippen MR) is 29.9 cm³/mol. The molecule has 8 heavy (non-hydrogen) atoms. The molecule has 0 bridgehead atoms. The lowest BCUT2D eigenvalue weighted by Crippen LogP contribution is -2.45. The number of aliphatic hydroxyl groups excluding tert-OH is 2. The van der Waals surface area contributed by atoms with Crippen LogP contribution in [0, 0.1) is 12.3 Å². The van der Waals surface area contributed by atoms with Crippen molar-refractivity contribution in [1.82, 2.24) is 0 Å². The molecular weight excluding hydrogens is 106 g/mol. The summed E-state index contributed by atoms with van der Waals surface area (Å²) in [6.07, 6.45) is 4.83. The van der Waals surface area contributed by atoms with Crippen LogP contribution in [0.5, 0.6) is 0 Å². The first kappa shape index (κ1) is 7.44. The molecule has 0 aliphatic heterocycles. The minimum atomic E-state index is -1.24. The van der Waals surface area contributed by atoms with E-state index in [2.05, 4.69) is 5.92 Å². The number of hydrogen-bond acceptors (Lipinski definition) is 3. The third kappa shape index (κ3) is 1.51. The molecule has 0 spiro atoms. The maximum absolute atomic E-state index is 8.36. The maximum Gasteiger partial charge on any atom is 0.124 e. The number of terminal acetylenes is 1. The van der Waals surface area contributed by atoms with Crippen LogP contribution < -0.4 is 5.73 Å². The Balaban J connectivity index is 3.83. The van der Waals surface area contributed by atoms with Gasteiger partial charge in [-0.3, -0.25) is 0 Å². The second-order valence-electron chi connectivity index (χ2n) is 1.62. The molecule has 4 N–H and O–H groups in total. The van der Waals surface area contributed by atoms with Gasteiger partial charge in [0.1, 0.15) is 5.54 Å². The Morgan fingerprint density at radius 3 is 1.88 bits per heavy atom. The molecule has 0 aliphatic rings. The van der Waals surface area contributed by atoms with E-state index in [-0.39, 0.29) is 13.2 Å². The fourth-order valence-electron chi connectivity index (χ4n) is 0.141. The van der Waals surface area contributed by atoms with E-state index in [1.165, 1.54) is 0 Å². The molecule has 0 aromatic heterocycles. The predicted octanol–water partition coefficient (Wildman–Crippen LogP) is -1.70. The summed E-state index contributed by atoms with van der Waals surface area (Å²) in [4.78, 5) is 0. The Hall–Kier alpha value is -0.560. The fourth-order valence-corrected chi connectivity index (χ4v) is 0.141. The fraction of sp³-hybridized carbons (Fsp3) is 0.600. The highest BCUT2D eigenvalue weighted by Crippen LogP contribution is 1.92. The third-order valence-corrected chi connectivity index (χ3v) is 0.852. The largest absolute Gasteiger partial charge is 0.393 e. The van der Waals surface area contributed by atoms with Crippen LogP contribution in [0.4, 0.5) is 0 Å². The van der Waals surface area contributed by atoms with Gasteiger partial charge >= 0.3 is 0 Å². The van der Waals surface area contributed by atoms with E-state index in [1.54, 1.807) is 0 Å². The van der Waals surface area contributed by atoms with E-state index in [0.717, 1.165) is 0 Å². The normalized spacial score (nSPS) is 10.8. The molecule has 3 nitrogen and oxygen atoms in total. The summed E-state index contributed by atoms with van der Waals surface area (Å²) in [6, 6.07) is 0. The quantitative estimate of drug-likeness (QED) is 0.376. The molecule has 0 heterocycles. The van der Waals surface area contributed by atoms with Gasteiger partial charge in [0.15, 0.2) is 0 Å². The summed E-state index contributed by atoms with van der Waals surface area (Å²) in [6.45, 7) is -0.778. The van der Waals surface area contributed by atoms with Crippen LogP contribution in [0.2, 0.25) is 0 Å². The second-order valence-corrected chi connectivity index (χ2v) is 1.62. The number of nitrogens with two attached hydrogens (primary N) is 1. The van der Waals surface area contributed by atoms with E-state index < -0.39 is 5.54 Å². The van der Waals surface area contributed by atoms with E-state index in [0.29, 0.717) is 0 Å². The highest BCUT2D eigenvalue weighted by atomic mass is 16.3. The van der Waals surface area contributed by atoms with Gasteiger partial charge in [0.25, 0.3) is 0 Å². The van der Waals surface area contributed by atoms with Crippen molar-refractivity contribution in [2.45, 2.75) is 5.54 Å². The van der Waals surface area contributed by atoms with Gasteiger partial charge in [-0.25, -0.2) is 0 Å². The number of hydrogen-bond donors (Lipinski definition) is 3. The molecule has 3 heteroatoms. The molecule has 0 aromatic rings. The molecule has 46 valence electrons. The molecule has 0 radical (unpaired) electrons. The topological polar surface area (TPSA) is 66.5 Å². The minimum Gasteiger partial charge on any atom is -0.393 e. The van der Waals surface area contributed by atoms with Crippen molar-refractivity contribution in [3.63, 3.8) is 0 Å². The van der Waals surface area contributed by atoms with Crippen LogP contribution >= 0.6 is 0 Å². The lowest BCUT2D eigenvalue weighted by atomic mass is 10.1. The Kier molecular flexibility index (Phi) is 2.49. The minimum absolute atomic E-state index is 0.389. The summed E-state index contributed by atoms with van der Waals surface area (Å²) in [5.41, 5.74) is 3.92. The van der Waals surface area contributed by atoms with E-state index >= 15 is 0 Å². The van der Waals surface area contributed by atoms with Crippen molar-refractivity contribution in [3.05, 3.63) is 0 Å². The molecular formula is C5H9NO2. The van der Waals surface area contributed by atoms with E-state index in [9.17, 15) is 0 Å². The second kappa shape index (κ2) is 2.68. The van der Waals surface area contributed by atoms with Gasteiger partial charge in [-0.05, 0) is 0 Å². The average Bonchev–Trinajstić information content (AvgIpc) is 1.87. The standard InChI is InChI=1S/C5H9NO2/c1-2-5(6,3-7)4-8/h1,7-8H,3-4,6H2. The van der Waals surface area contributed by atoms with Crippen LogP contribution in [-0.4, -0.2) is 29.0 Å². The summed E-state index contributed by atoms with van der Waals surface area (Å²) >= 11 is 0. The zero-order chi connectivity index (χ0) is 6.62. The van der Waals surface area contributed by atoms with Gasteiger partial charge in [0.05, 0.1) is 13.2 Å². The van der Waals surface area contributed by atoms with Gasteiger partial charge in [0.2, 0.25) is 0 Å². The highest BCUT2D eigenvalue weighted by molar-refractivity contribution is 5.10. The van der Waals surface area contributed by atoms with Crippen molar-refractivity contribution in [2.75, 3.05) is 13.2 Å². The lowest BCUT2D eigenvalue weighted by molar-refractivity contribution is 0.158. The SMILES string of the molecule is C#CC(N)(CO)CO. The van der Waals surface area contributed by atoms with Crippen molar-refractivity contribution in [2.24, 2.45) is 5.73 Å². The zero-order valence-electron chi connectivity index (χ0n) is 4.46. The first-order valence-corrected chi connectivity index (χ1v) is 2.17. The van der Waals surface area contributed by atoms with Crippen molar-refractivity contribution >= 4 is 0 Å². The summed E-state index contributed by atoms with van der Waals surface area (Å²) in [5, 5.41) is 16.7.